The first-order chi connectivity index (χ1) is 8.20. The van der Waals surface area contributed by atoms with E-state index in [1.54, 1.807) is 6.20 Å². The van der Waals surface area contributed by atoms with Gasteiger partial charge in [-0.2, -0.15) is 0 Å². The summed E-state index contributed by atoms with van der Waals surface area (Å²) < 4.78 is 3.03. The van der Waals surface area contributed by atoms with Crippen LogP contribution >= 0.6 is 15.9 Å². The van der Waals surface area contributed by atoms with Crippen molar-refractivity contribution < 1.29 is 0 Å². The maximum Gasteiger partial charge on any atom is 0.110 e. The summed E-state index contributed by atoms with van der Waals surface area (Å²) in [7, 11) is 3.96. The number of likely N-dealkylation sites (N-methyl/N-ethyl adjacent to an activating group) is 1. The van der Waals surface area contributed by atoms with Gasteiger partial charge in [0, 0.05) is 48.8 Å². The summed E-state index contributed by atoms with van der Waals surface area (Å²) in [5.74, 6) is 1.06. The average Bonchev–Trinajstić information content (AvgIpc) is 2.71. The quantitative estimate of drug-likeness (QED) is 0.939. The van der Waals surface area contributed by atoms with Crippen molar-refractivity contribution in [3.8, 4) is 0 Å². The van der Waals surface area contributed by atoms with Crippen molar-refractivity contribution in [2.24, 2.45) is 7.05 Å². The van der Waals surface area contributed by atoms with Crippen molar-refractivity contribution >= 4 is 15.9 Å². The average molecular weight is 295 g/mol. The lowest BCUT2D eigenvalue weighted by molar-refractivity contribution is 0.561. The summed E-state index contributed by atoms with van der Waals surface area (Å²) in [6, 6.07) is 2.30. The largest absolute Gasteiger partial charge is 0.338 e. The fourth-order valence-electron chi connectivity index (χ4n) is 1.78. The van der Waals surface area contributed by atoms with Gasteiger partial charge < -0.3 is 9.88 Å². The monoisotopic (exact) mass is 294 g/mol. The molecule has 0 radical (unpaired) electrons. The standard InChI is InChI=1S/C12H15BrN4/c1-14-11(6-12-16-3-4-17(12)2)9-5-10(13)8-15-7-9/h3-5,7-8,11,14H,6H2,1-2H3. The molecular formula is C12H15BrN4. The van der Waals surface area contributed by atoms with Crippen LogP contribution in [0.2, 0.25) is 0 Å². The lowest BCUT2D eigenvalue weighted by atomic mass is 10.1. The molecule has 1 unspecified atom stereocenters. The molecule has 0 bridgehead atoms. The molecule has 0 aliphatic heterocycles. The van der Waals surface area contributed by atoms with Gasteiger partial charge in [0.1, 0.15) is 5.82 Å². The number of halogens is 1. The molecule has 0 fully saturated rings. The number of aromatic nitrogens is 3. The molecule has 0 aliphatic carbocycles. The maximum atomic E-state index is 4.34. The maximum absolute atomic E-state index is 4.34. The van der Waals surface area contributed by atoms with Crippen LogP contribution in [0, 0.1) is 0 Å². The highest BCUT2D eigenvalue weighted by molar-refractivity contribution is 9.10. The Labute approximate surface area is 109 Å². The van der Waals surface area contributed by atoms with E-state index in [0.29, 0.717) is 0 Å². The summed E-state index contributed by atoms with van der Waals surface area (Å²) >= 11 is 3.44. The van der Waals surface area contributed by atoms with Crippen LogP contribution in [0.3, 0.4) is 0 Å². The van der Waals surface area contributed by atoms with Crippen molar-refractivity contribution in [2.45, 2.75) is 12.5 Å². The second-order valence-corrected chi connectivity index (χ2v) is 4.85. The SMILES string of the molecule is CNC(Cc1nccn1C)c1cncc(Br)c1. The van der Waals surface area contributed by atoms with E-state index in [9.17, 15) is 0 Å². The van der Waals surface area contributed by atoms with E-state index in [0.717, 1.165) is 22.3 Å². The Morgan fingerprint density at radius 2 is 2.29 bits per heavy atom. The van der Waals surface area contributed by atoms with Crippen molar-refractivity contribution in [1.82, 2.24) is 19.9 Å². The predicted molar refractivity (Wildman–Crippen MR) is 70.6 cm³/mol. The highest BCUT2D eigenvalue weighted by Crippen LogP contribution is 2.19. The minimum atomic E-state index is 0.223. The summed E-state index contributed by atoms with van der Waals surface area (Å²) in [6.07, 6.45) is 8.30. The molecule has 5 heteroatoms. The van der Waals surface area contributed by atoms with Gasteiger partial charge in [0.2, 0.25) is 0 Å². The van der Waals surface area contributed by atoms with Gasteiger partial charge in [-0.3, -0.25) is 4.98 Å². The third kappa shape index (κ3) is 2.92. The first-order valence-corrected chi connectivity index (χ1v) is 6.24. The number of pyridine rings is 1. The second kappa shape index (κ2) is 5.42. The Morgan fingerprint density at radius 3 is 2.88 bits per heavy atom. The van der Waals surface area contributed by atoms with Crippen molar-refractivity contribution in [2.75, 3.05) is 7.05 Å². The highest BCUT2D eigenvalue weighted by Gasteiger charge is 2.13. The molecule has 2 heterocycles. The molecule has 0 saturated heterocycles. The second-order valence-electron chi connectivity index (χ2n) is 3.94. The highest BCUT2D eigenvalue weighted by atomic mass is 79.9. The van der Waals surface area contributed by atoms with Crippen LogP contribution in [0.4, 0.5) is 0 Å². The Kier molecular flexibility index (Phi) is 3.91. The fraction of sp³-hybridized carbons (Fsp3) is 0.333. The van der Waals surface area contributed by atoms with Crippen LogP contribution < -0.4 is 5.32 Å². The minimum absolute atomic E-state index is 0.223. The third-order valence-corrected chi connectivity index (χ3v) is 3.22. The summed E-state index contributed by atoms with van der Waals surface area (Å²) in [4.78, 5) is 8.53. The minimum Gasteiger partial charge on any atom is -0.338 e. The summed E-state index contributed by atoms with van der Waals surface area (Å²) in [5.41, 5.74) is 1.16. The Bertz CT molecular complexity index is 495. The molecule has 1 N–H and O–H groups in total. The number of aryl methyl sites for hydroxylation is 1. The van der Waals surface area contributed by atoms with Crippen LogP contribution in [-0.2, 0) is 13.5 Å². The van der Waals surface area contributed by atoms with E-state index >= 15 is 0 Å². The first-order valence-electron chi connectivity index (χ1n) is 5.44. The van der Waals surface area contributed by atoms with Gasteiger partial charge in [0.05, 0.1) is 0 Å². The Hall–Kier alpha value is -1.20. The van der Waals surface area contributed by atoms with Crippen LogP contribution in [-0.4, -0.2) is 21.6 Å². The van der Waals surface area contributed by atoms with E-state index in [1.807, 2.05) is 37.3 Å². The molecule has 4 nitrogen and oxygen atoms in total. The van der Waals surface area contributed by atoms with Gasteiger partial charge >= 0.3 is 0 Å². The van der Waals surface area contributed by atoms with Gasteiger partial charge in [-0.25, -0.2) is 4.98 Å². The topological polar surface area (TPSA) is 42.7 Å². The Balaban J connectivity index is 2.20. The number of hydrogen-bond donors (Lipinski definition) is 1. The van der Waals surface area contributed by atoms with Crippen LogP contribution in [0.1, 0.15) is 17.4 Å². The van der Waals surface area contributed by atoms with Gasteiger partial charge in [-0.15, -0.1) is 0 Å². The van der Waals surface area contributed by atoms with E-state index < -0.39 is 0 Å². The molecular weight excluding hydrogens is 280 g/mol. The van der Waals surface area contributed by atoms with Crippen molar-refractivity contribution in [3.05, 3.63) is 46.7 Å². The predicted octanol–water partition coefficient (Wildman–Crippen LogP) is 2.08. The van der Waals surface area contributed by atoms with E-state index in [4.69, 9.17) is 0 Å². The fourth-order valence-corrected chi connectivity index (χ4v) is 2.16. The van der Waals surface area contributed by atoms with Crippen LogP contribution in [0.15, 0.2) is 35.3 Å². The summed E-state index contributed by atoms with van der Waals surface area (Å²) in [5, 5.41) is 3.30. The zero-order valence-corrected chi connectivity index (χ0v) is 11.5. The number of hydrogen-bond acceptors (Lipinski definition) is 3. The molecule has 2 rings (SSSR count). The lowest BCUT2D eigenvalue weighted by Crippen LogP contribution is -2.20. The normalized spacial score (nSPS) is 12.6. The summed E-state index contributed by atoms with van der Waals surface area (Å²) in [6.45, 7) is 0. The molecule has 2 aromatic rings. The molecule has 0 saturated carbocycles. The molecule has 0 aromatic carbocycles. The van der Waals surface area contributed by atoms with E-state index in [2.05, 4.69) is 37.3 Å². The Morgan fingerprint density at radius 1 is 1.47 bits per heavy atom. The van der Waals surface area contributed by atoms with Gasteiger partial charge in [-0.1, -0.05) is 0 Å². The van der Waals surface area contributed by atoms with Gasteiger partial charge in [0.25, 0.3) is 0 Å². The van der Waals surface area contributed by atoms with Crippen molar-refractivity contribution in [1.29, 1.82) is 0 Å². The molecule has 17 heavy (non-hydrogen) atoms. The van der Waals surface area contributed by atoms with Gasteiger partial charge in [0.15, 0.2) is 0 Å². The van der Waals surface area contributed by atoms with Crippen LogP contribution in [0.25, 0.3) is 0 Å². The number of nitrogens with one attached hydrogen (secondary N) is 1. The lowest BCUT2D eigenvalue weighted by Gasteiger charge is -2.16. The van der Waals surface area contributed by atoms with Crippen LogP contribution in [0.5, 0.6) is 0 Å². The third-order valence-electron chi connectivity index (χ3n) is 2.78. The molecule has 0 aliphatic rings. The first kappa shape index (κ1) is 12.3. The number of rotatable bonds is 4. The van der Waals surface area contributed by atoms with Gasteiger partial charge in [-0.05, 0) is 34.6 Å². The zero-order valence-electron chi connectivity index (χ0n) is 9.89. The molecule has 90 valence electrons. The number of nitrogens with zero attached hydrogens (tertiary/aromatic N) is 3. The molecule has 2 aromatic heterocycles. The molecule has 0 spiro atoms. The van der Waals surface area contributed by atoms with E-state index in [-0.39, 0.29) is 6.04 Å². The smallest absolute Gasteiger partial charge is 0.110 e. The molecule has 1 atom stereocenters. The van der Waals surface area contributed by atoms with E-state index in [1.165, 1.54) is 0 Å². The molecule has 0 amide bonds. The zero-order chi connectivity index (χ0) is 12.3. The number of imidazole rings is 1. The van der Waals surface area contributed by atoms with Crippen molar-refractivity contribution in [3.63, 3.8) is 0 Å².